The van der Waals surface area contributed by atoms with Crippen molar-refractivity contribution in [3.63, 3.8) is 0 Å². The summed E-state index contributed by atoms with van der Waals surface area (Å²) in [5.41, 5.74) is 12.5. The summed E-state index contributed by atoms with van der Waals surface area (Å²) in [6.45, 7) is 0. The molecule has 0 saturated carbocycles. The van der Waals surface area contributed by atoms with Crippen LogP contribution in [0.3, 0.4) is 0 Å². The van der Waals surface area contributed by atoms with Gasteiger partial charge in [0.25, 0.3) is 0 Å². The molecule has 7 aromatic carbocycles. The molecule has 0 atom stereocenters. The van der Waals surface area contributed by atoms with Gasteiger partial charge in [0.05, 0.1) is 33.5 Å². The average Bonchev–Trinajstić information content (AvgIpc) is 3.61. The average molecular weight is 651 g/mol. The zero-order chi connectivity index (χ0) is 33.7. The van der Waals surface area contributed by atoms with Crippen molar-refractivity contribution in [3.05, 3.63) is 182 Å². The smallest absolute Gasteiger partial charge is 0.145 e. The van der Waals surface area contributed by atoms with Gasteiger partial charge in [-0.3, -0.25) is 4.57 Å². The molecule has 0 aliphatic rings. The highest BCUT2D eigenvalue weighted by atomic mass is 15.1. The van der Waals surface area contributed by atoms with Crippen molar-refractivity contribution in [1.29, 1.82) is 0 Å². The van der Waals surface area contributed by atoms with Crippen molar-refractivity contribution in [3.8, 4) is 50.7 Å². The largest absolute Gasteiger partial charge is 0.292 e. The van der Waals surface area contributed by atoms with Gasteiger partial charge in [-0.1, -0.05) is 146 Å². The summed E-state index contributed by atoms with van der Waals surface area (Å²) in [7, 11) is 0. The Morgan fingerprint density at radius 1 is 0.373 bits per heavy atom. The van der Waals surface area contributed by atoms with E-state index in [9.17, 15) is 0 Å². The van der Waals surface area contributed by atoms with Gasteiger partial charge in [0.15, 0.2) is 0 Å². The summed E-state index contributed by atoms with van der Waals surface area (Å²) < 4.78 is 2.25. The van der Waals surface area contributed by atoms with Gasteiger partial charge in [0.1, 0.15) is 5.82 Å². The molecule has 0 bridgehead atoms. The molecule has 0 radical (unpaired) electrons. The monoisotopic (exact) mass is 650 g/mol. The highest BCUT2D eigenvalue weighted by molar-refractivity contribution is 6.20. The van der Waals surface area contributed by atoms with Gasteiger partial charge in [-0.25, -0.2) is 15.0 Å². The Balaban J connectivity index is 1.07. The van der Waals surface area contributed by atoms with E-state index >= 15 is 0 Å². The van der Waals surface area contributed by atoms with Gasteiger partial charge in [-0.15, -0.1) is 0 Å². The van der Waals surface area contributed by atoms with Gasteiger partial charge in [-0.05, 0) is 52.9 Å². The van der Waals surface area contributed by atoms with Crippen LogP contribution in [0.25, 0.3) is 94.3 Å². The Labute approximate surface area is 295 Å². The SMILES string of the molecule is c1ccc(-c2ccc3ccc4c5ccccc5nc(-c5ccc(-c6ccc(-n7c(-c8ccccc8)nc8ccccc87)cc6)cc5)c4c3n2)cc1. The van der Waals surface area contributed by atoms with Crippen LogP contribution in [0.4, 0.5) is 0 Å². The lowest BCUT2D eigenvalue weighted by Crippen LogP contribution is -1.97. The maximum atomic E-state index is 5.28. The number of rotatable bonds is 5. The standard InChI is InChI=1S/C47H30N4/c1-3-11-33(12-4-1)40-30-26-35-25-29-39-38-15-7-8-16-41(38)49-46(44(39)45(35)48-40)34-21-19-31(20-22-34)32-23-27-37(28-24-32)51-43-18-10-9-17-42(43)50-47(51)36-13-5-2-6-14-36/h1-30H. The number of hydrogen-bond donors (Lipinski definition) is 0. The molecule has 0 fully saturated rings. The molecule has 10 aromatic rings. The molecule has 0 unspecified atom stereocenters. The van der Waals surface area contributed by atoms with Crippen molar-refractivity contribution < 1.29 is 0 Å². The molecule has 0 amide bonds. The first-order valence-corrected chi connectivity index (χ1v) is 17.2. The van der Waals surface area contributed by atoms with Crippen LogP contribution in [-0.2, 0) is 0 Å². The fourth-order valence-electron chi connectivity index (χ4n) is 7.30. The molecule has 0 spiro atoms. The molecule has 0 aliphatic carbocycles. The zero-order valence-electron chi connectivity index (χ0n) is 27.6. The van der Waals surface area contributed by atoms with Gasteiger partial charge >= 0.3 is 0 Å². The molecule has 0 N–H and O–H groups in total. The molecule has 0 saturated heterocycles. The van der Waals surface area contributed by atoms with Crippen molar-refractivity contribution in [2.75, 3.05) is 0 Å². The Bertz CT molecular complexity index is 2880. The fraction of sp³-hybridized carbons (Fsp3) is 0. The van der Waals surface area contributed by atoms with Crippen LogP contribution in [0, 0.1) is 0 Å². The molecule has 10 rings (SSSR count). The number of hydrogen-bond acceptors (Lipinski definition) is 3. The van der Waals surface area contributed by atoms with Crippen molar-refractivity contribution in [1.82, 2.24) is 19.5 Å². The highest BCUT2D eigenvalue weighted by Crippen LogP contribution is 2.38. The summed E-state index contributed by atoms with van der Waals surface area (Å²) in [6, 6.07) is 63.7. The first-order valence-electron chi connectivity index (χ1n) is 17.2. The first kappa shape index (κ1) is 29.0. The minimum atomic E-state index is 0.932. The van der Waals surface area contributed by atoms with E-state index in [0.717, 1.165) is 94.3 Å². The summed E-state index contributed by atoms with van der Waals surface area (Å²) in [5.74, 6) is 0.932. The lowest BCUT2D eigenvalue weighted by Gasteiger charge is -2.14. The molecule has 238 valence electrons. The van der Waals surface area contributed by atoms with E-state index in [1.54, 1.807) is 0 Å². The van der Waals surface area contributed by atoms with Gasteiger partial charge in [0, 0.05) is 38.5 Å². The number of benzene rings is 7. The lowest BCUT2D eigenvalue weighted by molar-refractivity contribution is 1.10. The minimum Gasteiger partial charge on any atom is -0.292 e. The van der Waals surface area contributed by atoms with E-state index < -0.39 is 0 Å². The van der Waals surface area contributed by atoms with E-state index in [1.165, 1.54) is 0 Å². The van der Waals surface area contributed by atoms with Gasteiger partial charge in [0.2, 0.25) is 0 Å². The van der Waals surface area contributed by atoms with Gasteiger partial charge in [-0.2, -0.15) is 0 Å². The van der Waals surface area contributed by atoms with Crippen molar-refractivity contribution in [2.45, 2.75) is 0 Å². The van der Waals surface area contributed by atoms with E-state index in [4.69, 9.17) is 15.0 Å². The van der Waals surface area contributed by atoms with E-state index in [-0.39, 0.29) is 0 Å². The third-order valence-electron chi connectivity index (χ3n) is 9.80. The predicted molar refractivity (Wildman–Crippen MR) is 211 cm³/mol. The first-order chi connectivity index (χ1) is 25.3. The second-order valence-corrected chi connectivity index (χ2v) is 12.8. The number of fused-ring (bicyclic) bond motifs is 6. The zero-order valence-corrected chi connectivity index (χ0v) is 27.6. The third kappa shape index (κ3) is 4.96. The fourth-order valence-corrected chi connectivity index (χ4v) is 7.30. The van der Waals surface area contributed by atoms with Crippen molar-refractivity contribution in [2.24, 2.45) is 0 Å². The summed E-state index contributed by atoms with van der Waals surface area (Å²) >= 11 is 0. The number of para-hydroxylation sites is 3. The second-order valence-electron chi connectivity index (χ2n) is 12.8. The Morgan fingerprint density at radius 2 is 0.980 bits per heavy atom. The Kier molecular flexibility index (Phi) is 6.78. The third-order valence-corrected chi connectivity index (χ3v) is 9.80. The topological polar surface area (TPSA) is 43.6 Å². The Hall–Kier alpha value is -6.91. The van der Waals surface area contributed by atoms with E-state index in [2.05, 4.69) is 168 Å². The van der Waals surface area contributed by atoms with E-state index in [0.29, 0.717) is 0 Å². The second kappa shape index (κ2) is 11.9. The van der Waals surface area contributed by atoms with Crippen LogP contribution < -0.4 is 0 Å². The highest BCUT2D eigenvalue weighted by Gasteiger charge is 2.17. The molecule has 4 heteroatoms. The normalized spacial score (nSPS) is 11.5. The molecule has 4 nitrogen and oxygen atoms in total. The maximum absolute atomic E-state index is 5.28. The lowest BCUT2D eigenvalue weighted by atomic mass is 9.96. The molecule has 0 aliphatic heterocycles. The molecule has 51 heavy (non-hydrogen) atoms. The molecular weight excluding hydrogens is 621 g/mol. The van der Waals surface area contributed by atoms with Crippen molar-refractivity contribution >= 4 is 43.6 Å². The number of pyridine rings is 2. The predicted octanol–water partition coefficient (Wildman–Crippen LogP) is 11.9. The van der Waals surface area contributed by atoms with Crippen LogP contribution in [-0.4, -0.2) is 19.5 Å². The quantitative estimate of drug-likeness (QED) is 0.174. The van der Waals surface area contributed by atoms with Crippen LogP contribution >= 0.6 is 0 Å². The summed E-state index contributed by atoms with van der Waals surface area (Å²) in [5, 5.41) is 4.45. The van der Waals surface area contributed by atoms with Crippen LogP contribution in [0.15, 0.2) is 182 Å². The van der Waals surface area contributed by atoms with Gasteiger partial charge < -0.3 is 0 Å². The molecular formula is C47H30N4. The molecule has 3 aromatic heterocycles. The number of aromatic nitrogens is 4. The molecule has 3 heterocycles. The van der Waals surface area contributed by atoms with Crippen LogP contribution in [0.5, 0.6) is 0 Å². The maximum Gasteiger partial charge on any atom is 0.145 e. The van der Waals surface area contributed by atoms with Crippen LogP contribution in [0.2, 0.25) is 0 Å². The number of nitrogens with zero attached hydrogens (tertiary/aromatic N) is 4. The summed E-state index contributed by atoms with van der Waals surface area (Å²) in [6.07, 6.45) is 0. The van der Waals surface area contributed by atoms with Crippen LogP contribution in [0.1, 0.15) is 0 Å². The van der Waals surface area contributed by atoms with E-state index in [1.807, 2.05) is 18.2 Å². The number of imidazole rings is 1. The minimum absolute atomic E-state index is 0.932. The summed E-state index contributed by atoms with van der Waals surface area (Å²) in [4.78, 5) is 15.5. The Morgan fingerprint density at radius 3 is 1.75 bits per heavy atom.